The zero-order valence-electron chi connectivity index (χ0n) is 12.0. The van der Waals surface area contributed by atoms with Crippen LogP contribution in [0.25, 0.3) is 0 Å². The van der Waals surface area contributed by atoms with Gasteiger partial charge in [-0.25, -0.2) is 8.78 Å². The van der Waals surface area contributed by atoms with Crippen LogP contribution in [-0.2, 0) is 0 Å². The summed E-state index contributed by atoms with van der Waals surface area (Å²) in [6.45, 7) is 0. The summed E-state index contributed by atoms with van der Waals surface area (Å²) in [5.41, 5.74) is 1.40. The number of halogens is 2. The van der Waals surface area contributed by atoms with E-state index in [-0.39, 0.29) is 12.8 Å². The van der Waals surface area contributed by atoms with Crippen LogP contribution in [0.15, 0.2) is 30.3 Å². The van der Waals surface area contributed by atoms with Gasteiger partial charge in [0.2, 0.25) is 5.92 Å². The Hall–Kier alpha value is -0.960. The minimum atomic E-state index is -2.42. The number of benzene rings is 1. The molecule has 0 heterocycles. The van der Waals surface area contributed by atoms with Gasteiger partial charge < -0.3 is 5.32 Å². The van der Waals surface area contributed by atoms with Gasteiger partial charge >= 0.3 is 0 Å². The van der Waals surface area contributed by atoms with Gasteiger partial charge in [0.05, 0.1) is 0 Å². The topological polar surface area (TPSA) is 12.0 Å². The molecular weight excluding hydrogens is 256 g/mol. The molecule has 2 aliphatic carbocycles. The minimum absolute atomic E-state index is 0.0680. The summed E-state index contributed by atoms with van der Waals surface area (Å²) in [6, 6.07) is 11.0. The van der Waals surface area contributed by atoms with Crippen molar-refractivity contribution in [3.63, 3.8) is 0 Å². The van der Waals surface area contributed by atoms with Crippen LogP contribution >= 0.6 is 0 Å². The van der Waals surface area contributed by atoms with Crippen molar-refractivity contribution in [3.8, 4) is 0 Å². The molecule has 1 aromatic carbocycles. The van der Waals surface area contributed by atoms with Crippen molar-refractivity contribution in [3.05, 3.63) is 35.9 Å². The predicted octanol–water partition coefficient (Wildman–Crippen LogP) is 4.20. The number of hydrogen-bond donors (Lipinski definition) is 1. The molecule has 1 N–H and O–H groups in total. The van der Waals surface area contributed by atoms with Crippen molar-refractivity contribution in [2.75, 3.05) is 7.05 Å². The van der Waals surface area contributed by atoms with Crippen LogP contribution in [0.3, 0.4) is 0 Å². The maximum absolute atomic E-state index is 13.3. The molecule has 2 fully saturated rings. The van der Waals surface area contributed by atoms with Crippen LogP contribution < -0.4 is 5.32 Å². The summed E-state index contributed by atoms with van der Waals surface area (Å²) < 4.78 is 26.6. The molecule has 0 aliphatic heterocycles. The third-order valence-electron chi connectivity index (χ3n) is 5.13. The molecular formula is C17H23F2N. The summed E-state index contributed by atoms with van der Waals surface area (Å²) in [5, 5.41) is 3.42. The highest BCUT2D eigenvalue weighted by atomic mass is 19.3. The van der Waals surface area contributed by atoms with E-state index in [1.165, 1.54) is 12.0 Å². The van der Waals surface area contributed by atoms with Gasteiger partial charge in [-0.05, 0) is 49.6 Å². The fourth-order valence-electron chi connectivity index (χ4n) is 3.92. The highest BCUT2D eigenvalue weighted by Crippen LogP contribution is 2.53. The lowest BCUT2D eigenvalue weighted by molar-refractivity contribution is -0.0502. The Kier molecular flexibility index (Phi) is 3.80. The van der Waals surface area contributed by atoms with Crippen LogP contribution in [0.1, 0.15) is 43.6 Å². The normalized spacial score (nSPS) is 30.9. The van der Waals surface area contributed by atoms with Gasteiger partial charge in [0.15, 0.2) is 0 Å². The highest BCUT2D eigenvalue weighted by Gasteiger charge is 2.47. The number of hydrogen-bond acceptors (Lipinski definition) is 1. The second kappa shape index (κ2) is 5.44. The Morgan fingerprint density at radius 2 is 1.80 bits per heavy atom. The average molecular weight is 279 g/mol. The van der Waals surface area contributed by atoms with Crippen LogP contribution in [0.4, 0.5) is 8.78 Å². The lowest BCUT2D eigenvalue weighted by Gasteiger charge is -2.34. The van der Waals surface area contributed by atoms with Crippen molar-refractivity contribution in [1.29, 1.82) is 0 Å². The van der Waals surface area contributed by atoms with E-state index in [1.54, 1.807) is 0 Å². The fraction of sp³-hybridized carbons (Fsp3) is 0.647. The van der Waals surface area contributed by atoms with E-state index in [9.17, 15) is 8.78 Å². The predicted molar refractivity (Wildman–Crippen MR) is 77.0 cm³/mol. The second-order valence-electron chi connectivity index (χ2n) is 6.42. The van der Waals surface area contributed by atoms with Crippen molar-refractivity contribution >= 4 is 0 Å². The molecule has 0 aromatic heterocycles. The Morgan fingerprint density at radius 1 is 1.15 bits per heavy atom. The molecule has 0 spiro atoms. The molecule has 0 saturated heterocycles. The van der Waals surface area contributed by atoms with Gasteiger partial charge in [-0.3, -0.25) is 0 Å². The number of nitrogens with one attached hydrogen (secondary N) is 1. The van der Waals surface area contributed by atoms with E-state index in [4.69, 9.17) is 0 Å². The summed E-state index contributed by atoms with van der Waals surface area (Å²) in [6.07, 6.45) is 2.66. The number of rotatable bonds is 4. The quantitative estimate of drug-likeness (QED) is 0.871. The van der Waals surface area contributed by atoms with E-state index in [2.05, 4.69) is 29.6 Å². The minimum Gasteiger partial charge on any atom is -0.316 e. The molecule has 0 amide bonds. The van der Waals surface area contributed by atoms with E-state index in [1.807, 2.05) is 13.1 Å². The zero-order chi connectivity index (χ0) is 14.2. The maximum Gasteiger partial charge on any atom is 0.248 e. The van der Waals surface area contributed by atoms with Crippen molar-refractivity contribution in [2.45, 2.75) is 50.0 Å². The molecule has 0 radical (unpaired) electrons. The molecule has 1 nitrogen and oxygen atoms in total. The van der Waals surface area contributed by atoms with E-state index < -0.39 is 5.92 Å². The Morgan fingerprint density at radius 3 is 2.40 bits per heavy atom. The number of alkyl halides is 2. The molecule has 1 aromatic rings. The largest absolute Gasteiger partial charge is 0.316 e. The van der Waals surface area contributed by atoms with Gasteiger partial charge in [-0.2, -0.15) is 0 Å². The Balaban J connectivity index is 1.62. The first-order chi connectivity index (χ1) is 9.61. The van der Waals surface area contributed by atoms with Crippen LogP contribution in [0, 0.1) is 11.8 Å². The standard InChI is InChI=1S/C17H23F2N/c1-20-16(13-7-9-17(18,19)10-8-13)15-11-14(15)12-5-3-2-4-6-12/h2-6,13-16,20H,7-11H2,1H3. The van der Waals surface area contributed by atoms with E-state index >= 15 is 0 Å². The molecule has 3 atom stereocenters. The van der Waals surface area contributed by atoms with Gasteiger partial charge in [0.25, 0.3) is 0 Å². The molecule has 0 bridgehead atoms. The van der Waals surface area contributed by atoms with Gasteiger partial charge in [0.1, 0.15) is 0 Å². The smallest absolute Gasteiger partial charge is 0.248 e. The SMILES string of the molecule is CNC(C1CCC(F)(F)CC1)C1CC1c1ccccc1. The Bertz CT molecular complexity index is 436. The highest BCUT2D eigenvalue weighted by molar-refractivity contribution is 5.27. The van der Waals surface area contributed by atoms with Crippen LogP contribution in [0.2, 0.25) is 0 Å². The lowest BCUT2D eigenvalue weighted by atomic mass is 9.80. The molecule has 2 aliphatic rings. The summed E-state index contributed by atoms with van der Waals surface area (Å²) in [5.74, 6) is -0.759. The first kappa shape index (κ1) is 14.0. The summed E-state index contributed by atoms with van der Waals surface area (Å²) in [4.78, 5) is 0. The molecule has 3 unspecified atom stereocenters. The van der Waals surface area contributed by atoms with Crippen molar-refractivity contribution < 1.29 is 8.78 Å². The van der Waals surface area contributed by atoms with Crippen molar-refractivity contribution in [2.24, 2.45) is 11.8 Å². The molecule has 110 valence electrons. The summed E-state index contributed by atoms with van der Waals surface area (Å²) in [7, 11) is 1.98. The average Bonchev–Trinajstić information content (AvgIpc) is 3.23. The van der Waals surface area contributed by atoms with E-state index in [0.717, 1.165) is 0 Å². The lowest BCUT2D eigenvalue weighted by Crippen LogP contribution is -2.40. The zero-order valence-corrected chi connectivity index (χ0v) is 12.0. The monoisotopic (exact) mass is 279 g/mol. The fourth-order valence-corrected chi connectivity index (χ4v) is 3.92. The molecule has 2 saturated carbocycles. The van der Waals surface area contributed by atoms with Crippen molar-refractivity contribution in [1.82, 2.24) is 5.32 Å². The summed E-state index contributed by atoms with van der Waals surface area (Å²) >= 11 is 0. The second-order valence-corrected chi connectivity index (χ2v) is 6.42. The first-order valence-electron chi connectivity index (χ1n) is 7.71. The van der Waals surface area contributed by atoms with Crippen LogP contribution in [0.5, 0.6) is 0 Å². The van der Waals surface area contributed by atoms with Crippen LogP contribution in [-0.4, -0.2) is 19.0 Å². The Labute approximate surface area is 119 Å². The maximum atomic E-state index is 13.3. The third kappa shape index (κ3) is 2.88. The molecule has 3 heteroatoms. The molecule has 20 heavy (non-hydrogen) atoms. The van der Waals surface area contributed by atoms with Gasteiger partial charge in [-0.15, -0.1) is 0 Å². The third-order valence-corrected chi connectivity index (χ3v) is 5.13. The molecule has 3 rings (SSSR count). The van der Waals surface area contributed by atoms with Gasteiger partial charge in [-0.1, -0.05) is 30.3 Å². The van der Waals surface area contributed by atoms with Gasteiger partial charge in [0, 0.05) is 18.9 Å². The van der Waals surface area contributed by atoms with E-state index in [0.29, 0.717) is 36.6 Å². The first-order valence-corrected chi connectivity index (χ1v) is 7.71.